The van der Waals surface area contributed by atoms with Crippen LogP contribution in [-0.4, -0.2) is 200 Å². The van der Waals surface area contributed by atoms with Gasteiger partial charge in [-0.15, -0.1) is 0 Å². The maximum absolute atomic E-state index is 13.7. The van der Waals surface area contributed by atoms with Crippen molar-refractivity contribution in [1.29, 1.82) is 0 Å². The van der Waals surface area contributed by atoms with Crippen LogP contribution >= 0.6 is 15.9 Å². The zero-order chi connectivity index (χ0) is 96.8. The quantitative estimate of drug-likeness (QED) is 0.0298. The second-order valence-electron chi connectivity index (χ2n) is 31.7. The minimum Gasteiger partial charge on any atom is -0.497 e. The number of benzene rings is 12. The molecule has 4 atom stereocenters. The molecule has 4 amide bonds. The van der Waals surface area contributed by atoms with Crippen LogP contribution in [-0.2, 0) is 25.7 Å². The van der Waals surface area contributed by atoms with Crippen molar-refractivity contribution >= 4 is 45.2 Å². The first-order valence-electron chi connectivity index (χ1n) is 44.0. The Labute approximate surface area is 803 Å². The Bertz CT molecular complexity index is 6170. The summed E-state index contributed by atoms with van der Waals surface area (Å²) in [5.74, 6) is 12.2. The van der Waals surface area contributed by atoms with E-state index in [2.05, 4.69) is 15.9 Å². The fraction of sp³-hybridized carbons (Fsp3) is 0.283. The summed E-state index contributed by atoms with van der Waals surface area (Å²) in [6.45, 7) is 3.34. The van der Waals surface area contributed by atoms with Crippen LogP contribution in [0.4, 0.5) is 5.69 Å². The first-order chi connectivity index (χ1) is 66.7. The number of methoxy groups -OCH3 is 13. The molecule has 17 rings (SSSR count). The molecular formula is C106H108BrN5O25. The van der Waals surface area contributed by atoms with Crippen LogP contribution in [0.25, 0.3) is 0 Å². The van der Waals surface area contributed by atoms with E-state index in [9.17, 15) is 29.3 Å². The summed E-state index contributed by atoms with van der Waals surface area (Å²) in [7, 11) is 20.9. The Hall–Kier alpha value is -15.4. The van der Waals surface area contributed by atoms with Gasteiger partial charge in [-0.3, -0.25) is 29.3 Å². The Kier molecular flexibility index (Phi) is 32.8. The van der Waals surface area contributed by atoms with Crippen LogP contribution in [0.3, 0.4) is 0 Å². The number of amides is 4. The Morgan fingerprint density at radius 2 is 0.518 bits per heavy atom. The predicted octanol–water partition coefficient (Wildman–Crippen LogP) is 18.5. The molecule has 4 unspecified atom stereocenters. The Morgan fingerprint density at radius 1 is 0.292 bits per heavy atom. The van der Waals surface area contributed by atoms with E-state index in [1.165, 1.54) is 24.3 Å². The zero-order valence-corrected chi connectivity index (χ0v) is 79.9. The number of nitro groups is 1. The van der Waals surface area contributed by atoms with E-state index in [0.29, 0.717) is 166 Å². The molecule has 714 valence electrons. The molecule has 0 aromatic heterocycles. The molecular weight excluding hydrogens is 1820 g/mol. The van der Waals surface area contributed by atoms with Crippen LogP contribution in [0, 0.1) is 10.1 Å². The van der Waals surface area contributed by atoms with Crippen molar-refractivity contribution in [3.8, 4) is 109 Å². The summed E-state index contributed by atoms with van der Waals surface area (Å²) in [4.78, 5) is 72.1. The van der Waals surface area contributed by atoms with Gasteiger partial charge >= 0.3 is 0 Å². The predicted molar refractivity (Wildman–Crippen MR) is 515 cm³/mol. The highest BCUT2D eigenvalue weighted by molar-refractivity contribution is 9.10. The number of fused-ring (bicyclic) bond motifs is 5. The van der Waals surface area contributed by atoms with Crippen molar-refractivity contribution in [2.24, 2.45) is 0 Å². The number of hydrogen-bond acceptors (Lipinski definition) is 25. The summed E-state index contributed by atoms with van der Waals surface area (Å²) in [6, 6.07) is 69.2. The lowest BCUT2D eigenvalue weighted by atomic mass is 9.91. The van der Waals surface area contributed by atoms with Gasteiger partial charge in [-0.05, 0) is 295 Å². The number of carbonyl (C=O) groups is 4. The van der Waals surface area contributed by atoms with E-state index in [-0.39, 0.29) is 74.1 Å². The lowest BCUT2D eigenvalue weighted by Gasteiger charge is -2.37. The van der Waals surface area contributed by atoms with Gasteiger partial charge in [-0.25, -0.2) is 0 Å². The monoisotopic (exact) mass is 1930 g/mol. The van der Waals surface area contributed by atoms with Crippen molar-refractivity contribution in [3.05, 3.63) is 318 Å². The van der Waals surface area contributed by atoms with Crippen molar-refractivity contribution in [1.82, 2.24) is 19.6 Å². The van der Waals surface area contributed by atoms with Gasteiger partial charge in [-0.1, -0.05) is 15.9 Å². The second-order valence-corrected chi connectivity index (χ2v) is 32.7. The smallest absolute Gasteiger partial charge is 0.269 e. The number of nitrogens with zero attached hydrogens (tertiary/aromatic N) is 5. The number of halogens is 1. The van der Waals surface area contributed by atoms with Crippen LogP contribution in [0.15, 0.2) is 241 Å². The molecule has 0 aliphatic carbocycles. The largest absolute Gasteiger partial charge is 0.497 e. The number of carbonyl (C=O) groups excluding carboxylic acids is 4. The van der Waals surface area contributed by atoms with E-state index in [4.69, 9.17) is 90.0 Å². The molecule has 5 heterocycles. The van der Waals surface area contributed by atoms with E-state index in [1.54, 1.807) is 164 Å². The van der Waals surface area contributed by atoms with Gasteiger partial charge in [0.15, 0.2) is 57.5 Å². The first-order valence-corrected chi connectivity index (χ1v) is 44.8. The fourth-order valence-electron chi connectivity index (χ4n) is 16.9. The van der Waals surface area contributed by atoms with Gasteiger partial charge < -0.3 is 110 Å². The lowest BCUT2D eigenvalue weighted by molar-refractivity contribution is -0.384. The molecule has 5 aliphatic rings. The van der Waals surface area contributed by atoms with Crippen molar-refractivity contribution < 1.29 is 114 Å². The molecule has 12 aromatic carbocycles. The van der Waals surface area contributed by atoms with E-state index < -0.39 is 11.0 Å². The van der Waals surface area contributed by atoms with E-state index in [1.807, 2.05) is 160 Å². The number of ether oxygens (including phenoxy) is 19. The van der Waals surface area contributed by atoms with Crippen LogP contribution in [0.5, 0.6) is 109 Å². The highest BCUT2D eigenvalue weighted by Gasteiger charge is 2.39. The molecule has 5 aliphatic heterocycles. The third-order valence-electron chi connectivity index (χ3n) is 24.3. The third kappa shape index (κ3) is 23.0. The van der Waals surface area contributed by atoms with Gasteiger partial charge in [-0.2, -0.15) is 0 Å². The minimum atomic E-state index is -0.490. The van der Waals surface area contributed by atoms with Crippen molar-refractivity contribution in [2.45, 2.75) is 49.9 Å². The second kappa shape index (κ2) is 46.0. The molecule has 0 spiro atoms. The fourth-order valence-corrected chi connectivity index (χ4v) is 17.2. The Morgan fingerprint density at radius 3 is 0.781 bits per heavy atom. The molecule has 0 N–H and O–H groups in total. The molecule has 12 aromatic rings. The molecule has 0 radical (unpaired) electrons. The molecule has 0 fully saturated rings. The highest BCUT2D eigenvalue weighted by Crippen LogP contribution is 2.46. The van der Waals surface area contributed by atoms with Gasteiger partial charge in [0.2, 0.25) is 6.79 Å². The van der Waals surface area contributed by atoms with Crippen molar-refractivity contribution in [2.75, 3.05) is 152 Å². The Balaban J connectivity index is 0.000000146. The number of hydrogen-bond donors (Lipinski definition) is 0. The average molecular weight is 1930 g/mol. The summed E-state index contributed by atoms with van der Waals surface area (Å²) in [5, 5.41) is 11.0. The molecule has 31 heteroatoms. The maximum atomic E-state index is 13.7. The van der Waals surface area contributed by atoms with Crippen LogP contribution < -0.4 is 90.0 Å². The first kappa shape index (κ1) is 97.6. The summed E-state index contributed by atoms with van der Waals surface area (Å²) >= 11 is 3.43. The normalized spacial score (nSPS) is 15.0. The lowest BCUT2D eigenvalue weighted by Crippen LogP contribution is -2.42. The van der Waals surface area contributed by atoms with E-state index in [0.717, 1.165) is 72.6 Å². The summed E-state index contributed by atoms with van der Waals surface area (Å²) in [5.41, 5.74) is 10.3. The molecule has 0 saturated heterocycles. The van der Waals surface area contributed by atoms with Gasteiger partial charge in [0.1, 0.15) is 78.2 Å². The summed E-state index contributed by atoms with van der Waals surface area (Å²) in [6.07, 6.45) is 2.73. The standard InChI is InChI=1S/C27H27NO7.C27H29NO6.C26H26BrNO5.C26H26N2O7/c1-30-19-5-7-20(8-6-19)33-15-22-21-14-25(32-3)24(31-2)12-17(21)10-11-28(22)27(29)18-4-9-23-26(13-18)35-16-34-23;1-30-20-7-5-18(6-8-20)27(29)28-14-13-19-15-25(32-3)26(33-4)16-23(19)24(28)17-34-22-11-9-21(31-2)10-12-22;1-30-20-8-10-21(11-9-20)33-16-23-22-15-25(32-3)24(31-2)14-18(22)12-13-28(23)26(29)17-4-6-19(27)7-5-17;1-32-20-8-10-21(11-9-20)35-16-23-22-15-25(34-3)24(33-2)14-18(22)12-13-27(23)26(29)17-4-6-19(7-5-17)28(30)31/h4-9,12-14,22H,10-11,15-16H2,1-3H3;5-12,15-16,24H,13-14,17H2,1-4H3;4-11,14-15,23H,12-13,16H2,1-3H3;4-11,14-15,23H,12-13,16H2,1-3H3. The third-order valence-corrected chi connectivity index (χ3v) is 24.8. The zero-order valence-electron chi connectivity index (χ0n) is 78.3. The van der Waals surface area contributed by atoms with Crippen molar-refractivity contribution in [3.63, 3.8) is 0 Å². The maximum Gasteiger partial charge on any atom is 0.269 e. The average Bonchev–Trinajstić information content (AvgIpc) is 1.60. The van der Waals surface area contributed by atoms with Crippen LogP contribution in [0.1, 0.15) is 110 Å². The molecule has 0 saturated carbocycles. The van der Waals surface area contributed by atoms with Gasteiger partial charge in [0.05, 0.1) is 122 Å². The number of non-ortho nitro benzene ring substituents is 1. The topological polar surface area (TPSA) is 300 Å². The van der Waals surface area contributed by atoms with Crippen LogP contribution in [0.2, 0.25) is 0 Å². The van der Waals surface area contributed by atoms with Gasteiger partial charge in [0.25, 0.3) is 29.3 Å². The van der Waals surface area contributed by atoms with Gasteiger partial charge in [0, 0.05) is 65.0 Å². The molecule has 137 heavy (non-hydrogen) atoms. The molecule has 0 bridgehead atoms. The highest BCUT2D eigenvalue weighted by atomic mass is 79.9. The molecule has 30 nitrogen and oxygen atoms in total. The minimum absolute atomic E-state index is 0.0359. The number of nitro benzene ring substituents is 1. The number of rotatable bonds is 30. The SMILES string of the molecule is COc1ccc(OCC2c3cc(OC)c(OC)cc3CCN2C(=O)c2ccc(Br)cc2)cc1.COc1ccc(OCC2c3cc(OC)c(OC)cc3CCN2C(=O)c2ccc(OC)cc2)cc1.COc1ccc(OCC2c3cc(OC)c(OC)cc3CCN2C(=O)c2ccc([N+](=O)[O-])cc2)cc1.COc1ccc(OCC2c3cc(OC)c(OC)cc3CCN2C(=O)c2ccc3c(c2)OCO3)cc1. The van der Waals surface area contributed by atoms with E-state index >= 15 is 0 Å². The summed E-state index contributed by atoms with van der Waals surface area (Å²) < 4.78 is 107.